The highest BCUT2D eigenvalue weighted by Crippen LogP contribution is 2.13. The van der Waals surface area contributed by atoms with Gasteiger partial charge in [-0.1, -0.05) is 0 Å². The third-order valence-electron chi connectivity index (χ3n) is 2.51. The van der Waals surface area contributed by atoms with Crippen LogP contribution in [0.2, 0.25) is 0 Å². The molecule has 0 aliphatic carbocycles. The lowest BCUT2D eigenvalue weighted by Crippen LogP contribution is -2.22. The van der Waals surface area contributed by atoms with Gasteiger partial charge in [-0.3, -0.25) is 4.98 Å². The Kier molecular flexibility index (Phi) is 4.42. The quantitative estimate of drug-likeness (QED) is 0.802. The van der Waals surface area contributed by atoms with Crippen molar-refractivity contribution in [3.05, 3.63) is 23.5 Å². The largest absolute Gasteiger partial charge is 0.381 e. The average molecular weight is 225 g/mol. The molecular weight excluding hydrogens is 206 g/mol. The van der Waals surface area contributed by atoms with Crippen molar-refractivity contribution in [1.82, 2.24) is 10.3 Å². The summed E-state index contributed by atoms with van der Waals surface area (Å²) in [4.78, 5) is 4.35. The lowest BCUT2D eigenvalue weighted by Gasteiger charge is -2.13. The van der Waals surface area contributed by atoms with Gasteiger partial charge in [-0.15, -0.1) is 0 Å². The third kappa shape index (κ3) is 3.39. The van der Waals surface area contributed by atoms with E-state index >= 15 is 0 Å². The molecule has 0 aromatic carbocycles. The van der Waals surface area contributed by atoms with E-state index in [1.165, 1.54) is 12.1 Å². The number of hydrogen-bond acceptors (Lipinski definition) is 3. The van der Waals surface area contributed by atoms with E-state index in [4.69, 9.17) is 0 Å². The SMILES string of the molecule is Cc1cc(N[C@H]2CCNC2)cc(C)n1.S. The minimum absolute atomic E-state index is 0. The fourth-order valence-electron chi connectivity index (χ4n) is 1.93. The predicted octanol–water partition coefficient (Wildman–Crippen LogP) is 1.59. The second-order valence-electron chi connectivity index (χ2n) is 3.97. The Balaban J connectivity index is 0.00000112. The van der Waals surface area contributed by atoms with Crippen LogP contribution in [0.3, 0.4) is 0 Å². The van der Waals surface area contributed by atoms with Gasteiger partial charge in [0, 0.05) is 29.7 Å². The van der Waals surface area contributed by atoms with Crippen LogP contribution in [0, 0.1) is 13.8 Å². The van der Waals surface area contributed by atoms with E-state index in [9.17, 15) is 0 Å². The van der Waals surface area contributed by atoms with Crippen LogP contribution in [-0.2, 0) is 0 Å². The van der Waals surface area contributed by atoms with Crippen molar-refractivity contribution in [1.29, 1.82) is 0 Å². The summed E-state index contributed by atoms with van der Waals surface area (Å²) in [5, 5.41) is 6.86. The van der Waals surface area contributed by atoms with Crippen LogP contribution in [0.1, 0.15) is 17.8 Å². The molecule has 1 fully saturated rings. The second-order valence-corrected chi connectivity index (χ2v) is 3.97. The fourth-order valence-corrected chi connectivity index (χ4v) is 1.93. The highest BCUT2D eigenvalue weighted by molar-refractivity contribution is 7.59. The maximum atomic E-state index is 4.35. The van der Waals surface area contributed by atoms with Gasteiger partial charge >= 0.3 is 0 Å². The van der Waals surface area contributed by atoms with Crippen LogP contribution >= 0.6 is 13.5 Å². The van der Waals surface area contributed by atoms with Crippen LogP contribution in [0.25, 0.3) is 0 Å². The summed E-state index contributed by atoms with van der Waals surface area (Å²) >= 11 is 0. The summed E-state index contributed by atoms with van der Waals surface area (Å²) < 4.78 is 0. The normalized spacial score (nSPS) is 19.7. The molecule has 1 aliphatic rings. The second kappa shape index (κ2) is 5.37. The van der Waals surface area contributed by atoms with Gasteiger partial charge in [-0.2, -0.15) is 13.5 Å². The zero-order valence-corrected chi connectivity index (χ0v) is 10.3. The summed E-state index contributed by atoms with van der Waals surface area (Å²) in [5.74, 6) is 0. The molecule has 15 heavy (non-hydrogen) atoms. The number of hydrogen-bond donors (Lipinski definition) is 2. The van der Waals surface area contributed by atoms with Gasteiger partial charge < -0.3 is 10.6 Å². The molecule has 1 aliphatic heterocycles. The number of pyridine rings is 1. The van der Waals surface area contributed by atoms with Crippen LogP contribution in [0.15, 0.2) is 12.1 Å². The van der Waals surface area contributed by atoms with Crippen molar-refractivity contribution in [3.63, 3.8) is 0 Å². The highest BCUT2D eigenvalue weighted by Gasteiger charge is 2.13. The lowest BCUT2D eigenvalue weighted by molar-refractivity contribution is 0.792. The standard InChI is InChI=1S/C11H17N3.H2S/c1-8-5-11(6-9(2)13-8)14-10-3-4-12-7-10;/h5-6,10,12H,3-4,7H2,1-2H3,(H,13,14);1H2/t10-;/m0./s1. The molecule has 4 heteroatoms. The molecule has 0 spiro atoms. The number of nitrogens with one attached hydrogen (secondary N) is 2. The molecule has 1 atom stereocenters. The molecule has 1 saturated heterocycles. The molecule has 0 bridgehead atoms. The molecule has 0 radical (unpaired) electrons. The van der Waals surface area contributed by atoms with Gasteiger partial charge in [0.1, 0.15) is 0 Å². The molecule has 1 aromatic rings. The fraction of sp³-hybridized carbons (Fsp3) is 0.545. The molecule has 2 rings (SSSR count). The van der Waals surface area contributed by atoms with Crippen molar-refractivity contribution in [2.75, 3.05) is 18.4 Å². The van der Waals surface area contributed by atoms with Gasteiger partial charge in [-0.25, -0.2) is 0 Å². The van der Waals surface area contributed by atoms with E-state index in [1.807, 2.05) is 13.8 Å². The first kappa shape index (κ1) is 12.3. The maximum absolute atomic E-state index is 4.35. The van der Waals surface area contributed by atoms with E-state index in [2.05, 4.69) is 27.8 Å². The third-order valence-corrected chi connectivity index (χ3v) is 2.51. The number of aromatic nitrogens is 1. The summed E-state index contributed by atoms with van der Waals surface area (Å²) in [7, 11) is 0. The number of aryl methyl sites for hydroxylation is 2. The summed E-state index contributed by atoms with van der Waals surface area (Å²) in [6.45, 7) is 6.26. The van der Waals surface area contributed by atoms with Gasteiger partial charge in [-0.05, 0) is 38.9 Å². The van der Waals surface area contributed by atoms with Gasteiger partial charge in [0.25, 0.3) is 0 Å². The Morgan fingerprint density at radius 2 is 2.00 bits per heavy atom. The zero-order valence-electron chi connectivity index (χ0n) is 9.30. The van der Waals surface area contributed by atoms with Crippen molar-refractivity contribution in [2.45, 2.75) is 26.3 Å². The molecule has 2 heterocycles. The van der Waals surface area contributed by atoms with E-state index < -0.39 is 0 Å². The van der Waals surface area contributed by atoms with Crippen LogP contribution in [-0.4, -0.2) is 24.1 Å². The van der Waals surface area contributed by atoms with Gasteiger partial charge in [0.15, 0.2) is 0 Å². The number of nitrogens with zero attached hydrogens (tertiary/aromatic N) is 1. The van der Waals surface area contributed by atoms with Crippen LogP contribution in [0.4, 0.5) is 5.69 Å². The minimum atomic E-state index is 0. The molecule has 0 saturated carbocycles. The Hall–Kier alpha value is -0.740. The Bertz CT molecular complexity index is 301. The summed E-state index contributed by atoms with van der Waals surface area (Å²) in [6.07, 6.45) is 1.21. The first-order valence-corrected chi connectivity index (χ1v) is 5.16. The van der Waals surface area contributed by atoms with Crippen molar-refractivity contribution < 1.29 is 0 Å². The van der Waals surface area contributed by atoms with Gasteiger partial charge in [0.05, 0.1) is 0 Å². The van der Waals surface area contributed by atoms with Crippen molar-refractivity contribution in [2.24, 2.45) is 0 Å². The smallest absolute Gasteiger partial charge is 0.0398 e. The Morgan fingerprint density at radius 3 is 2.53 bits per heavy atom. The number of anilines is 1. The van der Waals surface area contributed by atoms with E-state index in [0.717, 1.165) is 24.5 Å². The topological polar surface area (TPSA) is 37.0 Å². The Labute approximate surface area is 98.1 Å². The molecule has 3 nitrogen and oxygen atoms in total. The van der Waals surface area contributed by atoms with Crippen LogP contribution < -0.4 is 10.6 Å². The maximum Gasteiger partial charge on any atom is 0.0398 e. The Morgan fingerprint density at radius 1 is 1.33 bits per heavy atom. The number of rotatable bonds is 2. The summed E-state index contributed by atoms with van der Waals surface area (Å²) in [6, 6.07) is 4.78. The molecule has 2 N–H and O–H groups in total. The molecule has 0 unspecified atom stereocenters. The minimum Gasteiger partial charge on any atom is -0.381 e. The monoisotopic (exact) mass is 225 g/mol. The van der Waals surface area contributed by atoms with Crippen molar-refractivity contribution in [3.8, 4) is 0 Å². The van der Waals surface area contributed by atoms with Crippen molar-refractivity contribution >= 4 is 19.2 Å². The molecule has 0 amide bonds. The predicted molar refractivity (Wildman–Crippen MR) is 69.0 cm³/mol. The van der Waals surface area contributed by atoms with E-state index in [-0.39, 0.29) is 13.5 Å². The molecular formula is C11H19N3S. The van der Waals surface area contributed by atoms with E-state index in [1.54, 1.807) is 0 Å². The average Bonchev–Trinajstić information content (AvgIpc) is 2.54. The zero-order chi connectivity index (χ0) is 9.97. The first-order chi connectivity index (χ1) is 6.74. The van der Waals surface area contributed by atoms with Crippen LogP contribution in [0.5, 0.6) is 0 Å². The van der Waals surface area contributed by atoms with E-state index in [0.29, 0.717) is 6.04 Å². The molecule has 1 aromatic heterocycles. The lowest BCUT2D eigenvalue weighted by atomic mass is 10.2. The highest BCUT2D eigenvalue weighted by atomic mass is 32.1. The summed E-state index contributed by atoms with van der Waals surface area (Å²) in [5.41, 5.74) is 3.36. The van der Waals surface area contributed by atoms with Gasteiger partial charge in [0.2, 0.25) is 0 Å². The molecule has 84 valence electrons. The first-order valence-electron chi connectivity index (χ1n) is 5.16.